The molecule has 0 N–H and O–H groups in total. The molecule has 2 saturated carbocycles. The average Bonchev–Trinajstić information content (AvgIpc) is 2.93. The summed E-state index contributed by atoms with van der Waals surface area (Å²) in [6.45, 7) is 4.31. The summed E-state index contributed by atoms with van der Waals surface area (Å²) in [5.41, 5.74) is 2.00. The summed E-state index contributed by atoms with van der Waals surface area (Å²) in [7, 11) is 0. The predicted octanol–water partition coefficient (Wildman–Crippen LogP) is 11.0. The summed E-state index contributed by atoms with van der Waals surface area (Å²) in [6.07, 6.45) is 30.7. The second-order valence-electron chi connectivity index (χ2n) is 12.2. The first-order chi connectivity index (χ1) is 18.1. The van der Waals surface area contributed by atoms with Crippen LogP contribution in [0.3, 0.4) is 0 Å². The second kappa shape index (κ2) is 14.5. The topological polar surface area (TPSA) is 0 Å². The number of rotatable bonds is 10. The number of unbranched alkanes of at least 4 members (excludes halogenated alkanes) is 3. The van der Waals surface area contributed by atoms with Gasteiger partial charge in [0.25, 0.3) is 0 Å². The molecule has 0 amide bonds. The third kappa shape index (κ3) is 7.90. The van der Waals surface area contributed by atoms with E-state index in [2.05, 4.69) is 44.2 Å². The van der Waals surface area contributed by atoms with E-state index in [4.69, 9.17) is 0 Å². The molecule has 0 aliphatic heterocycles. The maximum atomic E-state index is 14.9. The molecule has 0 spiro atoms. The molecule has 0 heterocycles. The molecule has 0 nitrogen and oxygen atoms in total. The molecule has 2 heteroatoms. The lowest BCUT2D eigenvalue weighted by Gasteiger charge is -2.37. The number of benzene rings is 1. The monoisotopic (exact) mass is 508 g/mol. The molecular weight excluding hydrogens is 458 g/mol. The molecule has 2 fully saturated rings. The van der Waals surface area contributed by atoms with E-state index in [0.717, 1.165) is 74.2 Å². The van der Waals surface area contributed by atoms with Gasteiger partial charge in [0.2, 0.25) is 0 Å². The van der Waals surface area contributed by atoms with Crippen molar-refractivity contribution >= 4 is 5.57 Å². The van der Waals surface area contributed by atoms with Gasteiger partial charge in [-0.25, -0.2) is 8.78 Å². The summed E-state index contributed by atoms with van der Waals surface area (Å²) < 4.78 is 29.6. The van der Waals surface area contributed by atoms with Gasteiger partial charge in [0.05, 0.1) is 0 Å². The van der Waals surface area contributed by atoms with Crippen LogP contribution >= 0.6 is 0 Å². The fraction of sp³-hybridized carbons (Fsp3) is 0.657. The molecule has 0 saturated heterocycles. The highest BCUT2D eigenvalue weighted by atomic mass is 19.2. The zero-order valence-electron chi connectivity index (χ0n) is 23.5. The Kier molecular flexibility index (Phi) is 11.1. The first-order valence-corrected chi connectivity index (χ1v) is 15.6. The van der Waals surface area contributed by atoms with E-state index in [-0.39, 0.29) is 0 Å². The van der Waals surface area contributed by atoms with Gasteiger partial charge in [-0.05, 0) is 131 Å². The molecule has 1 aromatic rings. The van der Waals surface area contributed by atoms with Crippen LogP contribution in [0.4, 0.5) is 8.78 Å². The van der Waals surface area contributed by atoms with Crippen LogP contribution in [0, 0.1) is 41.2 Å². The largest absolute Gasteiger partial charge is 0.203 e. The minimum Gasteiger partial charge on any atom is -0.203 e. The van der Waals surface area contributed by atoms with E-state index in [1.165, 1.54) is 51.4 Å². The maximum Gasteiger partial charge on any atom is 0.166 e. The van der Waals surface area contributed by atoms with Crippen LogP contribution in [-0.2, 0) is 6.42 Å². The van der Waals surface area contributed by atoms with Gasteiger partial charge in [-0.1, -0.05) is 68.7 Å². The normalized spacial score (nSPS) is 29.2. The fourth-order valence-electron chi connectivity index (χ4n) is 7.25. The summed E-state index contributed by atoms with van der Waals surface area (Å²) in [4.78, 5) is 0. The van der Waals surface area contributed by atoms with Gasteiger partial charge in [-0.3, -0.25) is 0 Å². The molecule has 0 aromatic heterocycles. The van der Waals surface area contributed by atoms with Gasteiger partial charge in [0, 0.05) is 5.56 Å². The lowest BCUT2D eigenvalue weighted by Crippen LogP contribution is -2.25. The molecule has 3 aliphatic rings. The number of hydrogen-bond donors (Lipinski definition) is 0. The summed E-state index contributed by atoms with van der Waals surface area (Å²) >= 11 is 0. The molecule has 1 aromatic carbocycles. The van der Waals surface area contributed by atoms with E-state index in [0.29, 0.717) is 23.5 Å². The van der Waals surface area contributed by atoms with Crippen LogP contribution in [0.2, 0.25) is 0 Å². The number of halogens is 2. The molecular formula is C35H50F2. The first kappa shape index (κ1) is 28.3. The lowest BCUT2D eigenvalue weighted by atomic mass is 9.69. The van der Waals surface area contributed by atoms with Crippen molar-refractivity contribution in [3.8, 4) is 0 Å². The van der Waals surface area contributed by atoms with E-state index < -0.39 is 11.6 Å². The fourth-order valence-corrected chi connectivity index (χ4v) is 7.25. The molecule has 4 rings (SSSR count). The standard InChI is InChI=1S/C35H50F2/c1-3-5-6-7-9-32-24-25-33(35(37)34(32)36)31-22-16-28(17-23-31)11-10-27-14-20-30(21-15-27)29-18-12-26(8-4-2)13-19-29/h4,8,10-11,22,24-30H,3,5-7,9,12-21,23H2,1-2H3/b8-4+,11-10+. The zero-order chi connectivity index (χ0) is 26.0. The third-order valence-electron chi connectivity index (χ3n) is 9.68. The summed E-state index contributed by atoms with van der Waals surface area (Å²) in [5.74, 6) is 2.76. The van der Waals surface area contributed by atoms with Gasteiger partial charge in [0.1, 0.15) is 0 Å². The van der Waals surface area contributed by atoms with E-state index >= 15 is 0 Å². The van der Waals surface area contributed by atoms with Gasteiger partial charge < -0.3 is 0 Å². The first-order valence-electron chi connectivity index (χ1n) is 15.6. The Bertz CT molecular complexity index is 923. The molecule has 0 bridgehead atoms. The highest BCUT2D eigenvalue weighted by Gasteiger charge is 2.30. The van der Waals surface area contributed by atoms with Crippen molar-refractivity contribution in [1.82, 2.24) is 0 Å². The van der Waals surface area contributed by atoms with Gasteiger partial charge in [-0.15, -0.1) is 0 Å². The van der Waals surface area contributed by atoms with Gasteiger partial charge >= 0.3 is 0 Å². The molecule has 37 heavy (non-hydrogen) atoms. The van der Waals surface area contributed by atoms with Crippen molar-refractivity contribution in [3.63, 3.8) is 0 Å². The SMILES string of the molecule is C/C=C/C1CCC(C2CCC(/C=C/C3CC=C(c4ccc(CCCCCC)c(F)c4F)CC3)CC2)CC1. The van der Waals surface area contributed by atoms with Crippen molar-refractivity contribution in [2.24, 2.45) is 29.6 Å². The number of hydrogen-bond acceptors (Lipinski definition) is 0. The Morgan fingerprint density at radius 3 is 1.97 bits per heavy atom. The van der Waals surface area contributed by atoms with Crippen LogP contribution in [0.5, 0.6) is 0 Å². The Morgan fingerprint density at radius 2 is 1.38 bits per heavy atom. The van der Waals surface area contributed by atoms with Crippen LogP contribution in [0.25, 0.3) is 5.57 Å². The Balaban J connectivity index is 1.22. The highest BCUT2D eigenvalue weighted by Crippen LogP contribution is 2.42. The van der Waals surface area contributed by atoms with E-state index in [9.17, 15) is 8.78 Å². The minimum absolute atomic E-state index is 0.482. The van der Waals surface area contributed by atoms with Crippen LogP contribution < -0.4 is 0 Å². The van der Waals surface area contributed by atoms with Crippen LogP contribution in [0.15, 0.2) is 42.5 Å². The Morgan fingerprint density at radius 1 is 0.730 bits per heavy atom. The maximum absolute atomic E-state index is 14.9. The molecule has 3 aliphatic carbocycles. The summed E-state index contributed by atoms with van der Waals surface area (Å²) in [6, 6.07) is 3.64. The Labute approximate surface area is 225 Å². The number of allylic oxidation sites excluding steroid dienone is 6. The van der Waals surface area contributed by atoms with Crippen molar-refractivity contribution in [2.45, 2.75) is 117 Å². The number of aryl methyl sites for hydroxylation is 1. The van der Waals surface area contributed by atoms with Crippen molar-refractivity contribution in [1.29, 1.82) is 0 Å². The van der Waals surface area contributed by atoms with E-state index in [1.54, 1.807) is 0 Å². The molecule has 1 atom stereocenters. The zero-order valence-corrected chi connectivity index (χ0v) is 23.5. The molecule has 1 unspecified atom stereocenters. The van der Waals surface area contributed by atoms with Crippen LogP contribution in [-0.4, -0.2) is 0 Å². The quantitative estimate of drug-likeness (QED) is 0.218. The second-order valence-corrected chi connectivity index (χ2v) is 12.2. The van der Waals surface area contributed by atoms with Crippen LogP contribution in [0.1, 0.15) is 121 Å². The minimum atomic E-state index is -0.639. The Hall–Kier alpha value is -1.70. The molecule has 204 valence electrons. The summed E-state index contributed by atoms with van der Waals surface area (Å²) in [5, 5.41) is 0. The average molecular weight is 509 g/mol. The van der Waals surface area contributed by atoms with Gasteiger partial charge in [0.15, 0.2) is 11.6 Å². The predicted molar refractivity (Wildman–Crippen MR) is 154 cm³/mol. The highest BCUT2D eigenvalue weighted by molar-refractivity contribution is 5.67. The lowest BCUT2D eigenvalue weighted by molar-refractivity contribution is 0.166. The van der Waals surface area contributed by atoms with Crippen molar-refractivity contribution in [3.05, 3.63) is 65.3 Å². The smallest absolute Gasteiger partial charge is 0.166 e. The molecule has 0 radical (unpaired) electrons. The third-order valence-corrected chi connectivity index (χ3v) is 9.68. The van der Waals surface area contributed by atoms with Crippen molar-refractivity contribution < 1.29 is 8.78 Å². The van der Waals surface area contributed by atoms with E-state index in [1.807, 2.05) is 12.1 Å². The van der Waals surface area contributed by atoms with Crippen molar-refractivity contribution in [2.75, 3.05) is 0 Å². The van der Waals surface area contributed by atoms with Gasteiger partial charge in [-0.2, -0.15) is 0 Å².